The molecule has 1 atom stereocenters. The number of benzene rings is 3. The van der Waals surface area contributed by atoms with Crippen molar-refractivity contribution in [3.8, 4) is 16.9 Å². The van der Waals surface area contributed by atoms with E-state index >= 15 is 0 Å². The van der Waals surface area contributed by atoms with Crippen molar-refractivity contribution in [2.45, 2.75) is 17.2 Å². The van der Waals surface area contributed by atoms with Crippen LogP contribution < -0.4 is 15.8 Å². The molecular weight excluding hydrogens is 533 g/mol. The van der Waals surface area contributed by atoms with Gasteiger partial charge >= 0.3 is 0 Å². The molecule has 3 N–H and O–H groups in total. The second kappa shape index (κ2) is 10.1. The molecule has 0 saturated heterocycles. The predicted molar refractivity (Wildman–Crippen MR) is 150 cm³/mol. The average Bonchev–Trinajstić information content (AvgIpc) is 3.34. The van der Waals surface area contributed by atoms with Crippen LogP contribution in [0.1, 0.15) is 18.1 Å². The Morgan fingerprint density at radius 3 is 2.20 bits per heavy atom. The topological polar surface area (TPSA) is 129 Å². The highest BCUT2D eigenvalue weighted by Crippen LogP contribution is 2.34. The van der Waals surface area contributed by atoms with E-state index in [2.05, 4.69) is 15.4 Å². The molecule has 11 heteroatoms. The average molecular weight is 560 g/mol. The first kappa shape index (κ1) is 26.8. The van der Waals surface area contributed by atoms with Crippen molar-refractivity contribution in [3.63, 3.8) is 0 Å². The third-order valence-electron chi connectivity index (χ3n) is 6.89. The van der Waals surface area contributed by atoms with E-state index in [9.17, 15) is 17.6 Å². The van der Waals surface area contributed by atoms with Crippen molar-refractivity contribution in [2.75, 3.05) is 18.7 Å². The van der Waals surface area contributed by atoms with Gasteiger partial charge in [-0.1, -0.05) is 36.4 Å². The number of carbonyl (C=O) groups excluding carboxylic acids is 1. The van der Waals surface area contributed by atoms with Gasteiger partial charge in [0.25, 0.3) is 0 Å². The van der Waals surface area contributed by atoms with E-state index in [1.807, 2.05) is 42.6 Å². The van der Waals surface area contributed by atoms with E-state index in [1.165, 1.54) is 31.4 Å². The Balaban J connectivity index is 1.42. The molecule has 0 aliphatic rings. The highest BCUT2D eigenvalue weighted by molar-refractivity contribution is 7.90. The Kier molecular flexibility index (Phi) is 6.76. The molecule has 0 aliphatic heterocycles. The minimum Gasteiger partial charge on any atom is -0.495 e. The highest BCUT2D eigenvalue weighted by Gasteiger charge is 2.35. The van der Waals surface area contributed by atoms with Gasteiger partial charge in [-0.15, -0.1) is 5.10 Å². The summed E-state index contributed by atoms with van der Waals surface area (Å²) in [6.45, 7) is 1.72. The molecule has 0 saturated carbocycles. The normalized spacial score (nSPS) is 13.1. The molecule has 40 heavy (non-hydrogen) atoms. The number of primary amides is 1. The van der Waals surface area contributed by atoms with Crippen LogP contribution in [0.15, 0.2) is 90.0 Å². The maximum atomic E-state index is 13.5. The molecule has 0 radical (unpaired) electrons. The number of pyridine rings is 1. The molecule has 0 bridgehead atoms. The van der Waals surface area contributed by atoms with Crippen LogP contribution in [0.5, 0.6) is 5.75 Å². The first-order valence-electron chi connectivity index (χ1n) is 12.2. The van der Waals surface area contributed by atoms with E-state index in [-0.39, 0.29) is 4.90 Å². The number of ether oxygens (including phenoxy) is 1. The van der Waals surface area contributed by atoms with E-state index in [1.54, 1.807) is 29.6 Å². The van der Waals surface area contributed by atoms with Crippen molar-refractivity contribution in [2.24, 2.45) is 5.73 Å². The van der Waals surface area contributed by atoms with E-state index in [4.69, 9.17) is 10.5 Å². The number of hydrogen-bond acceptors (Lipinski definition) is 7. The lowest BCUT2D eigenvalue weighted by Gasteiger charge is -2.27. The summed E-state index contributed by atoms with van der Waals surface area (Å²) in [5, 5.41) is 7.57. The van der Waals surface area contributed by atoms with Gasteiger partial charge < -0.3 is 15.8 Å². The Hall–Kier alpha value is -4.77. The number of nitrogens with one attached hydrogen (secondary N) is 1. The number of rotatable bonds is 8. The van der Waals surface area contributed by atoms with Gasteiger partial charge in [-0.05, 0) is 60.0 Å². The summed E-state index contributed by atoms with van der Waals surface area (Å²) >= 11 is 0. The number of nitrogens with two attached hydrogens (primary N) is 1. The van der Waals surface area contributed by atoms with Crippen LogP contribution in [0, 0.1) is 5.82 Å². The van der Waals surface area contributed by atoms with Gasteiger partial charge in [-0.25, -0.2) is 17.3 Å². The molecule has 3 aromatic carbocycles. The molecule has 2 aromatic heterocycles. The molecule has 5 aromatic rings. The summed E-state index contributed by atoms with van der Waals surface area (Å²) in [6.07, 6.45) is 2.95. The number of hydrogen-bond donors (Lipinski definition) is 2. The Labute approximate surface area is 230 Å². The molecule has 2 heterocycles. The molecule has 0 fully saturated rings. The third kappa shape index (κ3) is 4.98. The Morgan fingerprint density at radius 2 is 1.60 bits per heavy atom. The number of fused-ring (bicyclic) bond motifs is 1. The van der Waals surface area contributed by atoms with Gasteiger partial charge in [-0.3, -0.25) is 4.79 Å². The second-order valence-corrected chi connectivity index (χ2v) is 11.5. The van der Waals surface area contributed by atoms with Crippen LogP contribution >= 0.6 is 0 Å². The number of halogens is 1. The summed E-state index contributed by atoms with van der Waals surface area (Å²) in [5.74, 6) is -0.295. The SMILES string of the molecule is COc1cc(S(C)(=O)=O)ccc1Nc1nc2ccc(-c3ccc([C@@](C)(C(N)=O)c4ccc(F)cc4)cc3)cn2n1. The molecule has 0 spiro atoms. The summed E-state index contributed by atoms with van der Waals surface area (Å²) in [7, 11) is -1.94. The fraction of sp³-hybridized carbons (Fsp3) is 0.138. The fourth-order valence-corrected chi connectivity index (χ4v) is 5.10. The maximum Gasteiger partial charge on any atom is 0.247 e. The van der Waals surface area contributed by atoms with E-state index < -0.39 is 27.0 Å². The largest absolute Gasteiger partial charge is 0.495 e. The summed E-state index contributed by atoms with van der Waals surface area (Å²) in [6, 6.07) is 21.4. The summed E-state index contributed by atoms with van der Waals surface area (Å²) in [4.78, 5) is 17.1. The third-order valence-corrected chi connectivity index (χ3v) is 8.00. The van der Waals surface area contributed by atoms with Crippen molar-refractivity contribution >= 4 is 33.0 Å². The molecule has 5 rings (SSSR count). The zero-order chi connectivity index (χ0) is 28.7. The minimum absolute atomic E-state index is 0.141. The van der Waals surface area contributed by atoms with Gasteiger partial charge in [0.2, 0.25) is 11.9 Å². The van der Waals surface area contributed by atoms with Gasteiger partial charge in [0, 0.05) is 24.1 Å². The smallest absolute Gasteiger partial charge is 0.247 e. The first-order valence-corrected chi connectivity index (χ1v) is 14.1. The Bertz CT molecular complexity index is 1840. The maximum absolute atomic E-state index is 13.5. The van der Waals surface area contributed by atoms with Crippen LogP contribution in [0.4, 0.5) is 16.0 Å². The number of anilines is 2. The van der Waals surface area contributed by atoms with E-state index in [0.717, 1.165) is 17.4 Å². The Morgan fingerprint density at radius 1 is 0.975 bits per heavy atom. The van der Waals surface area contributed by atoms with Crippen LogP contribution in [0.3, 0.4) is 0 Å². The van der Waals surface area contributed by atoms with Crippen LogP contribution in [0.25, 0.3) is 16.8 Å². The van der Waals surface area contributed by atoms with Crippen molar-refractivity contribution in [3.05, 3.63) is 102 Å². The number of carbonyl (C=O) groups is 1. The van der Waals surface area contributed by atoms with Crippen LogP contribution in [-0.4, -0.2) is 42.3 Å². The molecule has 9 nitrogen and oxygen atoms in total. The molecular formula is C29H26FN5O4S. The molecule has 0 aliphatic carbocycles. The number of methoxy groups -OCH3 is 1. The fourth-order valence-electron chi connectivity index (χ4n) is 4.46. The molecule has 1 amide bonds. The first-order chi connectivity index (χ1) is 19.0. The number of aromatic nitrogens is 3. The number of sulfone groups is 1. The summed E-state index contributed by atoms with van der Waals surface area (Å²) in [5.41, 5.74) is 8.77. The lowest BCUT2D eigenvalue weighted by atomic mass is 9.75. The van der Waals surface area contributed by atoms with Crippen LogP contribution in [-0.2, 0) is 20.0 Å². The number of nitrogens with zero attached hydrogens (tertiary/aromatic N) is 3. The lowest BCUT2D eigenvalue weighted by Crippen LogP contribution is -2.39. The second-order valence-electron chi connectivity index (χ2n) is 9.49. The van der Waals surface area contributed by atoms with E-state index in [0.29, 0.717) is 34.2 Å². The lowest BCUT2D eigenvalue weighted by molar-refractivity contribution is -0.121. The monoisotopic (exact) mass is 559 g/mol. The minimum atomic E-state index is -3.39. The number of amides is 1. The van der Waals surface area contributed by atoms with Gasteiger partial charge in [-0.2, -0.15) is 4.98 Å². The van der Waals surface area contributed by atoms with Crippen molar-refractivity contribution < 1.29 is 22.3 Å². The quantitative estimate of drug-likeness (QED) is 0.287. The van der Waals surface area contributed by atoms with Gasteiger partial charge in [0.05, 0.1) is 23.1 Å². The molecule has 0 unspecified atom stereocenters. The van der Waals surface area contributed by atoms with Gasteiger partial charge in [0.1, 0.15) is 11.6 Å². The van der Waals surface area contributed by atoms with Crippen molar-refractivity contribution in [1.29, 1.82) is 0 Å². The summed E-state index contributed by atoms with van der Waals surface area (Å²) < 4.78 is 44.2. The zero-order valence-electron chi connectivity index (χ0n) is 21.9. The standard InChI is InChI=1S/C29H26FN5O4S/c1-29(27(31)36,21-9-11-22(30)12-10-21)20-7-4-18(5-8-20)19-6-15-26-33-28(34-35(26)17-19)32-24-14-13-23(40(3,37)38)16-25(24)39-2/h4-17H,1-3H3,(H2,31,36)(H,32,34)/t29-/m1/s1. The van der Waals surface area contributed by atoms with Gasteiger partial charge in [0.15, 0.2) is 15.5 Å². The predicted octanol–water partition coefficient (Wildman–Crippen LogP) is 4.48. The zero-order valence-corrected chi connectivity index (χ0v) is 22.7. The van der Waals surface area contributed by atoms with Crippen LogP contribution in [0.2, 0.25) is 0 Å². The van der Waals surface area contributed by atoms with Crippen molar-refractivity contribution in [1.82, 2.24) is 14.6 Å². The molecule has 204 valence electrons. The highest BCUT2D eigenvalue weighted by atomic mass is 32.2.